The Kier molecular flexibility index (Phi) is 3.32. The number of rotatable bonds is 4. The molecule has 0 N–H and O–H groups in total. The fourth-order valence-corrected chi connectivity index (χ4v) is 2.03. The number of hydrogen-bond acceptors (Lipinski definition) is 3. The van der Waals surface area contributed by atoms with Crippen molar-refractivity contribution in [3.05, 3.63) is 42.0 Å². The molecule has 0 saturated heterocycles. The second-order valence-electron chi connectivity index (χ2n) is 4.65. The molecule has 1 aliphatic rings. The number of benzene rings is 1. The van der Waals surface area contributed by atoms with Crippen LogP contribution in [0.3, 0.4) is 0 Å². The van der Waals surface area contributed by atoms with E-state index in [4.69, 9.17) is 4.74 Å². The largest absolute Gasteiger partial charge is 0.467 e. The van der Waals surface area contributed by atoms with Crippen molar-refractivity contribution in [1.29, 1.82) is 0 Å². The van der Waals surface area contributed by atoms with Crippen LogP contribution >= 0.6 is 0 Å². The Balaban J connectivity index is 2.11. The molecule has 1 unspecified atom stereocenters. The predicted octanol–water partition coefficient (Wildman–Crippen LogP) is 2.72. The van der Waals surface area contributed by atoms with Crippen LogP contribution in [-0.4, -0.2) is 24.3 Å². The van der Waals surface area contributed by atoms with Gasteiger partial charge in [0.15, 0.2) is 0 Å². The van der Waals surface area contributed by atoms with Gasteiger partial charge in [-0.2, -0.15) is 0 Å². The van der Waals surface area contributed by atoms with Crippen LogP contribution in [0.4, 0.5) is 0 Å². The van der Waals surface area contributed by atoms with Crippen LogP contribution in [0, 0.1) is 5.92 Å². The summed E-state index contributed by atoms with van der Waals surface area (Å²) in [6.45, 7) is 3.95. The first-order valence-corrected chi connectivity index (χ1v) is 6.03. The number of esters is 1. The first-order valence-electron chi connectivity index (χ1n) is 6.03. The van der Waals surface area contributed by atoms with Gasteiger partial charge in [0.25, 0.3) is 0 Å². The maximum Gasteiger partial charge on any atom is 0.340 e. The Labute approximate surface area is 107 Å². The average molecular weight is 243 g/mol. The molecule has 0 aromatic heterocycles. The molecule has 2 rings (SSSR count). The molecule has 1 atom stereocenters. The molecular formula is C15H17NO2. The zero-order valence-corrected chi connectivity index (χ0v) is 10.9. The van der Waals surface area contributed by atoms with E-state index in [1.165, 1.54) is 7.11 Å². The summed E-state index contributed by atoms with van der Waals surface area (Å²) in [6, 6.07) is 9.94. The lowest BCUT2D eigenvalue weighted by atomic mass is 9.90. The SMILES string of the molecule is COC(=O)C1(C(C)C)N=C1/C=C/c1ccccc1. The highest BCUT2D eigenvalue weighted by atomic mass is 16.5. The first kappa shape index (κ1) is 12.6. The summed E-state index contributed by atoms with van der Waals surface area (Å²) in [5.41, 5.74) is 1.14. The van der Waals surface area contributed by atoms with Crippen molar-refractivity contribution in [3.8, 4) is 0 Å². The summed E-state index contributed by atoms with van der Waals surface area (Å²) in [6.07, 6.45) is 3.86. The zero-order valence-electron chi connectivity index (χ0n) is 10.9. The Bertz CT molecular complexity index is 502. The van der Waals surface area contributed by atoms with Crippen molar-refractivity contribution in [2.45, 2.75) is 19.4 Å². The molecule has 1 aromatic carbocycles. The third-order valence-electron chi connectivity index (χ3n) is 3.20. The predicted molar refractivity (Wildman–Crippen MR) is 72.5 cm³/mol. The maximum absolute atomic E-state index is 11.8. The van der Waals surface area contributed by atoms with Crippen LogP contribution in [0.25, 0.3) is 6.08 Å². The highest BCUT2D eigenvalue weighted by molar-refractivity contribution is 6.27. The highest BCUT2D eigenvalue weighted by Gasteiger charge is 2.56. The number of ether oxygens (including phenoxy) is 1. The van der Waals surface area contributed by atoms with Gasteiger partial charge in [0, 0.05) is 0 Å². The maximum atomic E-state index is 11.8. The van der Waals surface area contributed by atoms with E-state index in [2.05, 4.69) is 4.99 Å². The third-order valence-corrected chi connectivity index (χ3v) is 3.20. The van der Waals surface area contributed by atoms with Gasteiger partial charge < -0.3 is 4.74 Å². The fourth-order valence-electron chi connectivity index (χ4n) is 2.03. The average Bonchev–Trinajstić information content (AvgIpc) is 3.12. The Morgan fingerprint density at radius 2 is 1.94 bits per heavy atom. The second-order valence-corrected chi connectivity index (χ2v) is 4.65. The standard InChI is InChI=1S/C15H17NO2/c1-11(2)15(14(17)18-3)13(16-15)10-9-12-7-5-4-6-8-12/h4-11H,1-3H3/b10-9+. The van der Waals surface area contributed by atoms with Crippen LogP contribution in [0.5, 0.6) is 0 Å². The molecule has 0 saturated carbocycles. The van der Waals surface area contributed by atoms with E-state index in [0.717, 1.165) is 11.3 Å². The minimum absolute atomic E-state index is 0.111. The minimum Gasteiger partial charge on any atom is -0.467 e. The molecule has 0 aliphatic carbocycles. The summed E-state index contributed by atoms with van der Waals surface area (Å²) >= 11 is 0. The summed E-state index contributed by atoms with van der Waals surface area (Å²) in [5.74, 6) is -0.161. The van der Waals surface area contributed by atoms with Crippen LogP contribution < -0.4 is 0 Å². The van der Waals surface area contributed by atoms with Crippen molar-refractivity contribution in [3.63, 3.8) is 0 Å². The van der Waals surface area contributed by atoms with Crippen molar-refractivity contribution < 1.29 is 9.53 Å². The van der Waals surface area contributed by atoms with Crippen molar-refractivity contribution >= 4 is 17.8 Å². The number of carbonyl (C=O) groups excluding carboxylic acids is 1. The molecular weight excluding hydrogens is 226 g/mol. The van der Waals surface area contributed by atoms with Gasteiger partial charge in [0.2, 0.25) is 5.54 Å². The number of methoxy groups -OCH3 is 1. The summed E-state index contributed by atoms with van der Waals surface area (Å²) in [5, 5.41) is 0. The summed E-state index contributed by atoms with van der Waals surface area (Å²) in [7, 11) is 1.40. The summed E-state index contributed by atoms with van der Waals surface area (Å²) < 4.78 is 4.83. The third kappa shape index (κ3) is 2.08. The number of nitrogens with zero attached hydrogens (tertiary/aromatic N) is 1. The van der Waals surface area contributed by atoms with Crippen molar-refractivity contribution in [2.24, 2.45) is 10.9 Å². The lowest BCUT2D eigenvalue weighted by Gasteiger charge is -2.15. The molecule has 1 aliphatic heterocycles. The van der Waals surface area contributed by atoms with E-state index < -0.39 is 5.54 Å². The number of carbonyl (C=O) groups is 1. The van der Waals surface area contributed by atoms with Crippen molar-refractivity contribution in [2.75, 3.05) is 7.11 Å². The highest BCUT2D eigenvalue weighted by Crippen LogP contribution is 2.38. The monoisotopic (exact) mass is 243 g/mol. The molecule has 1 heterocycles. The van der Waals surface area contributed by atoms with Crippen LogP contribution in [0.2, 0.25) is 0 Å². The van der Waals surface area contributed by atoms with Crippen LogP contribution in [-0.2, 0) is 9.53 Å². The number of hydrogen-bond donors (Lipinski definition) is 0. The minimum atomic E-state index is -0.750. The fraction of sp³-hybridized carbons (Fsp3) is 0.333. The molecule has 3 nitrogen and oxygen atoms in total. The first-order chi connectivity index (χ1) is 8.61. The zero-order chi connectivity index (χ0) is 13.2. The molecule has 1 aromatic rings. The van der Waals surface area contributed by atoms with Gasteiger partial charge in [-0.3, -0.25) is 4.99 Å². The van der Waals surface area contributed by atoms with Gasteiger partial charge >= 0.3 is 5.97 Å². The molecule has 3 heteroatoms. The van der Waals surface area contributed by atoms with Crippen molar-refractivity contribution in [1.82, 2.24) is 0 Å². The Morgan fingerprint density at radius 3 is 2.50 bits per heavy atom. The lowest BCUT2D eigenvalue weighted by molar-refractivity contribution is -0.144. The van der Waals surface area contributed by atoms with Crippen LogP contribution in [0.15, 0.2) is 41.4 Å². The quantitative estimate of drug-likeness (QED) is 0.763. The van der Waals surface area contributed by atoms with E-state index in [0.29, 0.717) is 0 Å². The van der Waals surface area contributed by atoms with E-state index in [-0.39, 0.29) is 11.9 Å². The Hall–Kier alpha value is -1.90. The van der Waals surface area contributed by atoms with E-state index in [1.54, 1.807) is 0 Å². The lowest BCUT2D eigenvalue weighted by Crippen LogP contribution is -2.36. The van der Waals surface area contributed by atoms with Gasteiger partial charge in [-0.15, -0.1) is 0 Å². The van der Waals surface area contributed by atoms with Gasteiger partial charge in [0.05, 0.1) is 12.8 Å². The van der Waals surface area contributed by atoms with Gasteiger partial charge in [-0.1, -0.05) is 50.3 Å². The molecule has 0 spiro atoms. The van der Waals surface area contributed by atoms with E-state index >= 15 is 0 Å². The second kappa shape index (κ2) is 4.77. The van der Waals surface area contributed by atoms with Gasteiger partial charge in [0.1, 0.15) is 0 Å². The topological polar surface area (TPSA) is 38.7 Å². The summed E-state index contributed by atoms with van der Waals surface area (Å²) in [4.78, 5) is 16.1. The van der Waals surface area contributed by atoms with E-state index in [1.807, 2.05) is 56.3 Å². The molecule has 0 radical (unpaired) electrons. The normalized spacial score (nSPS) is 22.1. The number of aliphatic imine (C=N–C) groups is 1. The molecule has 18 heavy (non-hydrogen) atoms. The van der Waals surface area contributed by atoms with Crippen LogP contribution in [0.1, 0.15) is 19.4 Å². The molecule has 94 valence electrons. The molecule has 0 bridgehead atoms. The molecule has 0 amide bonds. The smallest absolute Gasteiger partial charge is 0.340 e. The van der Waals surface area contributed by atoms with Gasteiger partial charge in [-0.05, 0) is 17.6 Å². The Morgan fingerprint density at radius 1 is 1.28 bits per heavy atom. The molecule has 0 fully saturated rings. The van der Waals surface area contributed by atoms with E-state index in [9.17, 15) is 4.79 Å². The van der Waals surface area contributed by atoms with Gasteiger partial charge in [-0.25, -0.2) is 4.79 Å².